The van der Waals surface area contributed by atoms with Gasteiger partial charge in [-0.05, 0) is 38.8 Å². The van der Waals surface area contributed by atoms with Gasteiger partial charge in [-0.15, -0.1) is 0 Å². The van der Waals surface area contributed by atoms with Gasteiger partial charge in [0, 0.05) is 26.2 Å². The lowest BCUT2D eigenvalue weighted by molar-refractivity contribution is 0.0637. The van der Waals surface area contributed by atoms with Crippen molar-refractivity contribution >= 4 is 5.91 Å². The van der Waals surface area contributed by atoms with Gasteiger partial charge in [0.25, 0.3) is 5.91 Å². The van der Waals surface area contributed by atoms with Crippen LogP contribution in [0.5, 0.6) is 0 Å². The highest BCUT2D eigenvalue weighted by atomic mass is 16.2. The summed E-state index contributed by atoms with van der Waals surface area (Å²) < 4.78 is 1.69. The first-order chi connectivity index (χ1) is 9.13. The van der Waals surface area contributed by atoms with E-state index >= 15 is 0 Å². The highest BCUT2D eigenvalue weighted by molar-refractivity contribution is 5.93. The third kappa shape index (κ3) is 3.15. The largest absolute Gasteiger partial charge is 0.333 e. The minimum absolute atomic E-state index is 0.110. The number of aryl methyl sites for hydroxylation is 2. The molecule has 2 rings (SSSR count). The van der Waals surface area contributed by atoms with E-state index in [1.165, 1.54) is 0 Å². The SMILES string of the molecule is CCCN(C(=O)c1cc(C)nn1C)C1CCCNC1. The molecule has 106 valence electrons. The Kier molecular flexibility index (Phi) is 4.58. The van der Waals surface area contributed by atoms with E-state index in [0.717, 1.165) is 44.6 Å². The first kappa shape index (κ1) is 14.1. The van der Waals surface area contributed by atoms with Gasteiger partial charge in [-0.25, -0.2) is 0 Å². The summed E-state index contributed by atoms with van der Waals surface area (Å²) in [4.78, 5) is 14.7. The van der Waals surface area contributed by atoms with Gasteiger partial charge >= 0.3 is 0 Å². The predicted octanol–water partition coefficient (Wildman–Crippen LogP) is 1.33. The molecule has 5 heteroatoms. The number of hydrogen-bond donors (Lipinski definition) is 1. The number of rotatable bonds is 4. The third-order valence-corrected chi connectivity index (χ3v) is 3.66. The Hall–Kier alpha value is -1.36. The molecule has 0 radical (unpaired) electrons. The van der Waals surface area contributed by atoms with E-state index in [0.29, 0.717) is 11.7 Å². The Labute approximate surface area is 115 Å². The lowest BCUT2D eigenvalue weighted by Crippen LogP contribution is -2.49. The number of carbonyl (C=O) groups is 1. The summed E-state index contributed by atoms with van der Waals surface area (Å²) in [6, 6.07) is 2.19. The number of aromatic nitrogens is 2. The highest BCUT2D eigenvalue weighted by Gasteiger charge is 2.27. The number of piperidine rings is 1. The highest BCUT2D eigenvalue weighted by Crippen LogP contribution is 2.15. The average molecular weight is 264 g/mol. The zero-order valence-electron chi connectivity index (χ0n) is 12.1. The fourth-order valence-corrected chi connectivity index (χ4v) is 2.75. The van der Waals surface area contributed by atoms with Crippen LogP contribution in [-0.2, 0) is 7.05 Å². The van der Waals surface area contributed by atoms with Gasteiger partial charge < -0.3 is 10.2 Å². The van der Waals surface area contributed by atoms with Gasteiger partial charge in [-0.2, -0.15) is 5.10 Å². The molecular weight excluding hydrogens is 240 g/mol. The molecule has 1 amide bonds. The van der Waals surface area contributed by atoms with Crippen molar-refractivity contribution in [3.8, 4) is 0 Å². The van der Waals surface area contributed by atoms with Crippen molar-refractivity contribution in [2.75, 3.05) is 19.6 Å². The Balaban J connectivity index is 2.17. The molecule has 1 N–H and O–H groups in total. The summed E-state index contributed by atoms with van der Waals surface area (Å²) in [6.45, 7) is 6.82. The Bertz CT molecular complexity index is 435. The van der Waals surface area contributed by atoms with Crippen LogP contribution in [0, 0.1) is 6.92 Å². The van der Waals surface area contributed by atoms with E-state index < -0.39 is 0 Å². The lowest BCUT2D eigenvalue weighted by Gasteiger charge is -2.34. The summed E-state index contributed by atoms with van der Waals surface area (Å²) in [5.41, 5.74) is 1.58. The monoisotopic (exact) mass is 264 g/mol. The summed E-state index contributed by atoms with van der Waals surface area (Å²) >= 11 is 0. The van der Waals surface area contributed by atoms with Crippen LogP contribution in [-0.4, -0.2) is 46.3 Å². The third-order valence-electron chi connectivity index (χ3n) is 3.66. The number of nitrogens with one attached hydrogen (secondary N) is 1. The van der Waals surface area contributed by atoms with Crippen molar-refractivity contribution in [3.63, 3.8) is 0 Å². The van der Waals surface area contributed by atoms with E-state index in [-0.39, 0.29) is 5.91 Å². The molecule has 0 spiro atoms. The van der Waals surface area contributed by atoms with Crippen molar-refractivity contribution in [2.45, 2.75) is 39.2 Å². The maximum atomic E-state index is 12.7. The van der Waals surface area contributed by atoms with Crippen LogP contribution in [0.15, 0.2) is 6.07 Å². The second kappa shape index (κ2) is 6.19. The standard InChI is InChI=1S/C14H24N4O/c1-4-8-18(12-6-5-7-15-10-12)14(19)13-9-11(2)16-17(13)3/h9,12,15H,4-8,10H2,1-3H3. The summed E-state index contributed by atoms with van der Waals surface area (Å²) in [5, 5.41) is 7.66. The molecule has 0 aromatic carbocycles. The number of amides is 1. The van der Waals surface area contributed by atoms with E-state index in [4.69, 9.17) is 0 Å². The molecule has 1 saturated heterocycles. The van der Waals surface area contributed by atoms with Gasteiger partial charge in [0.1, 0.15) is 5.69 Å². The quantitative estimate of drug-likeness (QED) is 0.892. The number of hydrogen-bond acceptors (Lipinski definition) is 3. The van der Waals surface area contributed by atoms with Crippen LogP contribution < -0.4 is 5.32 Å². The lowest BCUT2D eigenvalue weighted by atomic mass is 10.0. The van der Waals surface area contributed by atoms with Crippen LogP contribution in [0.2, 0.25) is 0 Å². The molecule has 1 fully saturated rings. The van der Waals surface area contributed by atoms with Crippen LogP contribution in [0.25, 0.3) is 0 Å². The summed E-state index contributed by atoms with van der Waals surface area (Å²) in [7, 11) is 1.84. The molecule has 0 bridgehead atoms. The summed E-state index contributed by atoms with van der Waals surface area (Å²) in [5.74, 6) is 0.110. The molecule has 1 aromatic heterocycles. The molecule has 1 aromatic rings. The van der Waals surface area contributed by atoms with E-state index in [2.05, 4.69) is 17.3 Å². The minimum Gasteiger partial charge on any atom is -0.333 e. The fourth-order valence-electron chi connectivity index (χ4n) is 2.75. The molecule has 1 aliphatic rings. The molecule has 1 atom stereocenters. The second-order valence-corrected chi connectivity index (χ2v) is 5.29. The van der Waals surface area contributed by atoms with Gasteiger partial charge in [0.15, 0.2) is 0 Å². The minimum atomic E-state index is 0.110. The van der Waals surface area contributed by atoms with Gasteiger partial charge in [0.05, 0.1) is 5.69 Å². The maximum Gasteiger partial charge on any atom is 0.272 e. The van der Waals surface area contributed by atoms with Crippen LogP contribution in [0.4, 0.5) is 0 Å². The molecule has 5 nitrogen and oxygen atoms in total. The van der Waals surface area contributed by atoms with E-state index in [1.807, 2.05) is 24.9 Å². The molecule has 0 aliphatic carbocycles. The molecule has 19 heavy (non-hydrogen) atoms. The summed E-state index contributed by atoms with van der Waals surface area (Å²) in [6.07, 6.45) is 3.22. The zero-order chi connectivity index (χ0) is 13.8. The molecule has 1 unspecified atom stereocenters. The smallest absolute Gasteiger partial charge is 0.272 e. The van der Waals surface area contributed by atoms with E-state index in [1.54, 1.807) is 4.68 Å². The molecule has 2 heterocycles. The average Bonchev–Trinajstić information content (AvgIpc) is 2.75. The first-order valence-corrected chi connectivity index (χ1v) is 7.15. The van der Waals surface area contributed by atoms with Gasteiger partial charge in [-0.3, -0.25) is 9.48 Å². The normalized spacial score (nSPS) is 19.4. The van der Waals surface area contributed by atoms with Gasteiger partial charge in [-0.1, -0.05) is 6.92 Å². The maximum absolute atomic E-state index is 12.7. The Morgan fingerprint density at radius 2 is 2.42 bits per heavy atom. The van der Waals surface area contributed by atoms with Crippen molar-refractivity contribution < 1.29 is 4.79 Å². The van der Waals surface area contributed by atoms with Crippen LogP contribution in [0.3, 0.4) is 0 Å². The number of nitrogens with zero attached hydrogens (tertiary/aromatic N) is 3. The van der Waals surface area contributed by atoms with Crippen molar-refractivity contribution in [3.05, 3.63) is 17.5 Å². The van der Waals surface area contributed by atoms with Gasteiger partial charge in [0.2, 0.25) is 0 Å². The Morgan fingerprint density at radius 1 is 1.63 bits per heavy atom. The predicted molar refractivity (Wildman–Crippen MR) is 75.2 cm³/mol. The second-order valence-electron chi connectivity index (χ2n) is 5.29. The van der Waals surface area contributed by atoms with Crippen molar-refractivity contribution in [2.24, 2.45) is 7.05 Å². The van der Waals surface area contributed by atoms with Crippen molar-refractivity contribution in [1.29, 1.82) is 0 Å². The molecular formula is C14H24N4O. The van der Waals surface area contributed by atoms with Crippen LogP contribution >= 0.6 is 0 Å². The molecule has 0 saturated carbocycles. The number of carbonyl (C=O) groups excluding carboxylic acids is 1. The van der Waals surface area contributed by atoms with Crippen molar-refractivity contribution in [1.82, 2.24) is 20.0 Å². The fraction of sp³-hybridized carbons (Fsp3) is 0.714. The molecule has 1 aliphatic heterocycles. The topological polar surface area (TPSA) is 50.2 Å². The first-order valence-electron chi connectivity index (χ1n) is 7.15. The van der Waals surface area contributed by atoms with Crippen LogP contribution in [0.1, 0.15) is 42.4 Å². The van der Waals surface area contributed by atoms with E-state index in [9.17, 15) is 4.79 Å². The Morgan fingerprint density at radius 3 is 2.95 bits per heavy atom. The zero-order valence-corrected chi connectivity index (χ0v) is 12.1.